The van der Waals surface area contributed by atoms with Gasteiger partial charge in [0.2, 0.25) is 10.0 Å². The van der Waals surface area contributed by atoms with E-state index in [9.17, 15) is 13.5 Å². The Balaban J connectivity index is 1.44. The SMILES string of the molecule is O=S(=O)(NCC1CCCO1)c1ccc2c(c1)C1C=CCC1C(c1ccccc1O)N2. The van der Waals surface area contributed by atoms with Crippen molar-refractivity contribution >= 4 is 15.7 Å². The van der Waals surface area contributed by atoms with E-state index in [1.165, 1.54) is 0 Å². The highest BCUT2D eigenvalue weighted by atomic mass is 32.2. The number of aromatic hydroxyl groups is 1. The van der Waals surface area contributed by atoms with Gasteiger partial charge in [-0.2, -0.15) is 0 Å². The predicted octanol–water partition coefficient (Wildman–Crippen LogP) is 3.68. The van der Waals surface area contributed by atoms with Crippen LogP contribution >= 0.6 is 0 Å². The Labute approximate surface area is 177 Å². The van der Waals surface area contributed by atoms with Crippen molar-refractivity contribution in [2.45, 2.75) is 42.2 Å². The van der Waals surface area contributed by atoms with E-state index in [1.807, 2.05) is 24.3 Å². The fraction of sp³-hybridized carbons (Fsp3) is 0.391. The molecule has 0 bridgehead atoms. The highest BCUT2D eigenvalue weighted by Gasteiger charge is 2.39. The van der Waals surface area contributed by atoms with Crippen LogP contribution in [0.5, 0.6) is 5.75 Å². The van der Waals surface area contributed by atoms with Crippen molar-refractivity contribution in [3.63, 3.8) is 0 Å². The zero-order valence-corrected chi connectivity index (χ0v) is 17.4. The molecule has 158 valence electrons. The van der Waals surface area contributed by atoms with E-state index in [0.29, 0.717) is 13.2 Å². The summed E-state index contributed by atoms with van der Waals surface area (Å²) in [5.41, 5.74) is 2.77. The second-order valence-corrected chi connectivity index (χ2v) is 10.0. The van der Waals surface area contributed by atoms with Crippen molar-refractivity contribution in [2.24, 2.45) is 5.92 Å². The van der Waals surface area contributed by atoms with Crippen molar-refractivity contribution in [2.75, 3.05) is 18.5 Å². The summed E-state index contributed by atoms with van der Waals surface area (Å²) in [6, 6.07) is 12.6. The lowest BCUT2D eigenvalue weighted by Crippen LogP contribution is -2.32. The van der Waals surface area contributed by atoms with Gasteiger partial charge < -0.3 is 15.2 Å². The number of ether oxygens (including phenoxy) is 1. The van der Waals surface area contributed by atoms with Crippen LogP contribution in [0.3, 0.4) is 0 Å². The van der Waals surface area contributed by atoms with Gasteiger partial charge in [0.05, 0.1) is 17.0 Å². The molecule has 1 saturated heterocycles. The van der Waals surface area contributed by atoms with Crippen LogP contribution in [0.25, 0.3) is 0 Å². The Morgan fingerprint density at radius 1 is 1.17 bits per heavy atom. The molecule has 30 heavy (non-hydrogen) atoms. The molecule has 7 heteroatoms. The average Bonchev–Trinajstić information content (AvgIpc) is 3.44. The van der Waals surface area contributed by atoms with E-state index in [-0.39, 0.29) is 34.6 Å². The van der Waals surface area contributed by atoms with Crippen LogP contribution in [-0.2, 0) is 14.8 Å². The molecule has 2 heterocycles. The minimum atomic E-state index is -3.60. The summed E-state index contributed by atoms with van der Waals surface area (Å²) in [5, 5.41) is 13.9. The fourth-order valence-electron chi connectivity index (χ4n) is 4.89. The monoisotopic (exact) mass is 426 g/mol. The molecule has 0 amide bonds. The number of para-hydroxylation sites is 1. The summed E-state index contributed by atoms with van der Waals surface area (Å²) >= 11 is 0. The Morgan fingerprint density at radius 3 is 2.83 bits per heavy atom. The maximum atomic E-state index is 12.9. The number of fused-ring (bicyclic) bond motifs is 3. The van der Waals surface area contributed by atoms with E-state index in [4.69, 9.17) is 4.74 Å². The predicted molar refractivity (Wildman–Crippen MR) is 115 cm³/mol. The molecule has 1 aliphatic carbocycles. The first-order valence-corrected chi connectivity index (χ1v) is 12.0. The molecule has 0 aromatic heterocycles. The minimum Gasteiger partial charge on any atom is -0.508 e. The third-order valence-electron chi connectivity index (χ3n) is 6.44. The summed E-state index contributed by atoms with van der Waals surface area (Å²) in [6.07, 6.45) is 7.01. The second-order valence-electron chi connectivity index (χ2n) is 8.27. The Morgan fingerprint density at radius 2 is 2.03 bits per heavy atom. The normalized spacial score (nSPS) is 27.5. The minimum absolute atomic E-state index is 0.0289. The molecule has 4 atom stereocenters. The van der Waals surface area contributed by atoms with E-state index in [0.717, 1.165) is 36.1 Å². The first kappa shape index (κ1) is 19.6. The lowest BCUT2D eigenvalue weighted by Gasteiger charge is -2.38. The zero-order chi connectivity index (χ0) is 20.7. The van der Waals surface area contributed by atoms with Gasteiger partial charge in [-0.3, -0.25) is 0 Å². The number of rotatable bonds is 5. The number of nitrogens with one attached hydrogen (secondary N) is 2. The zero-order valence-electron chi connectivity index (χ0n) is 16.6. The van der Waals surface area contributed by atoms with Gasteiger partial charge >= 0.3 is 0 Å². The van der Waals surface area contributed by atoms with Gasteiger partial charge in [0.1, 0.15) is 5.75 Å². The topological polar surface area (TPSA) is 87.7 Å². The van der Waals surface area contributed by atoms with E-state index in [1.54, 1.807) is 18.2 Å². The number of anilines is 1. The molecule has 2 aromatic rings. The van der Waals surface area contributed by atoms with Gasteiger partial charge in [-0.15, -0.1) is 0 Å². The number of hydrogen-bond acceptors (Lipinski definition) is 5. The van der Waals surface area contributed by atoms with Crippen LogP contribution in [0.15, 0.2) is 59.5 Å². The maximum absolute atomic E-state index is 12.9. The number of benzene rings is 2. The smallest absolute Gasteiger partial charge is 0.240 e. The van der Waals surface area contributed by atoms with E-state index in [2.05, 4.69) is 22.2 Å². The Kier molecular flexibility index (Phi) is 5.05. The van der Waals surface area contributed by atoms with Gasteiger partial charge in [0, 0.05) is 30.3 Å². The molecule has 2 aromatic carbocycles. The molecule has 0 saturated carbocycles. The van der Waals surface area contributed by atoms with Crippen molar-refractivity contribution in [1.29, 1.82) is 0 Å². The Bertz CT molecular complexity index is 1080. The fourth-order valence-corrected chi connectivity index (χ4v) is 5.99. The molecule has 1 fully saturated rings. The molecule has 5 rings (SSSR count). The number of allylic oxidation sites excluding steroid dienone is 2. The van der Waals surface area contributed by atoms with Gasteiger partial charge in [0.15, 0.2) is 0 Å². The average molecular weight is 427 g/mol. The number of phenolic OH excluding ortho intramolecular Hbond substituents is 1. The lowest BCUT2D eigenvalue weighted by molar-refractivity contribution is 0.114. The summed E-state index contributed by atoms with van der Waals surface area (Å²) in [5.74, 6) is 0.615. The molecular formula is C23H26N2O4S. The quantitative estimate of drug-likeness (QED) is 0.635. The van der Waals surface area contributed by atoms with Gasteiger partial charge in [-0.05, 0) is 55.0 Å². The van der Waals surface area contributed by atoms with Crippen LogP contribution in [0.2, 0.25) is 0 Å². The molecule has 6 nitrogen and oxygen atoms in total. The first-order chi connectivity index (χ1) is 14.5. The van der Waals surface area contributed by atoms with Crippen LogP contribution in [-0.4, -0.2) is 32.8 Å². The van der Waals surface area contributed by atoms with Gasteiger partial charge in [-0.25, -0.2) is 13.1 Å². The Hall–Kier alpha value is -2.35. The molecule has 3 N–H and O–H groups in total. The van der Waals surface area contributed by atoms with Crippen molar-refractivity contribution in [1.82, 2.24) is 4.72 Å². The first-order valence-electron chi connectivity index (χ1n) is 10.5. The number of sulfonamides is 1. The van der Waals surface area contributed by atoms with Crippen LogP contribution in [0, 0.1) is 5.92 Å². The molecule has 4 unspecified atom stereocenters. The summed E-state index contributed by atoms with van der Waals surface area (Å²) in [7, 11) is -3.60. The largest absolute Gasteiger partial charge is 0.508 e. The molecule has 3 aliphatic rings. The summed E-state index contributed by atoms with van der Waals surface area (Å²) < 4.78 is 33.9. The molecule has 2 aliphatic heterocycles. The molecule has 0 radical (unpaired) electrons. The second kappa shape index (κ2) is 7.72. The highest BCUT2D eigenvalue weighted by molar-refractivity contribution is 7.89. The van der Waals surface area contributed by atoms with Crippen LogP contribution in [0.4, 0.5) is 5.69 Å². The maximum Gasteiger partial charge on any atom is 0.240 e. The number of phenols is 1. The van der Waals surface area contributed by atoms with Crippen molar-refractivity contribution in [3.8, 4) is 5.75 Å². The van der Waals surface area contributed by atoms with Crippen molar-refractivity contribution < 1.29 is 18.3 Å². The van der Waals surface area contributed by atoms with Gasteiger partial charge in [0.25, 0.3) is 0 Å². The standard InChI is InChI=1S/C23H26N2O4S/c26-22-9-2-1-6-19(22)23-18-8-3-7-17(18)20-13-16(10-11-21(20)25-23)30(27,28)24-14-15-5-4-12-29-15/h1-3,6-7,9-11,13,15,17-18,23-26H,4-5,8,12,14H2. The summed E-state index contributed by atoms with van der Waals surface area (Å²) in [4.78, 5) is 0.279. The third kappa shape index (κ3) is 3.51. The lowest BCUT2D eigenvalue weighted by atomic mass is 9.77. The highest BCUT2D eigenvalue weighted by Crippen LogP contribution is 2.51. The van der Waals surface area contributed by atoms with Gasteiger partial charge in [-0.1, -0.05) is 30.4 Å². The van der Waals surface area contributed by atoms with Crippen LogP contribution in [0.1, 0.15) is 42.3 Å². The van der Waals surface area contributed by atoms with Crippen LogP contribution < -0.4 is 10.0 Å². The molecule has 0 spiro atoms. The van der Waals surface area contributed by atoms with E-state index < -0.39 is 10.0 Å². The molecular weight excluding hydrogens is 400 g/mol. The number of hydrogen-bond donors (Lipinski definition) is 3. The summed E-state index contributed by atoms with van der Waals surface area (Å²) in [6.45, 7) is 1.00. The van der Waals surface area contributed by atoms with E-state index >= 15 is 0 Å². The third-order valence-corrected chi connectivity index (χ3v) is 7.86. The van der Waals surface area contributed by atoms with Crippen molar-refractivity contribution in [3.05, 3.63) is 65.7 Å².